The summed E-state index contributed by atoms with van der Waals surface area (Å²) in [5.74, 6) is 0.657. The van der Waals surface area contributed by atoms with Crippen molar-refractivity contribution in [3.63, 3.8) is 0 Å². The number of hydrogen-bond donors (Lipinski definition) is 1. The number of benzene rings is 1. The number of hydrogen-bond acceptors (Lipinski definition) is 4. The average molecular weight is 207 g/mol. The highest BCUT2D eigenvalue weighted by Gasteiger charge is 2.08. The first kappa shape index (κ1) is 9.02. The third-order valence-electron chi connectivity index (χ3n) is 2.07. The maximum atomic E-state index is 10.8. The maximum Gasteiger partial charge on any atom is 0.151 e. The fourth-order valence-electron chi connectivity index (χ4n) is 1.36. The summed E-state index contributed by atoms with van der Waals surface area (Å²) in [4.78, 5) is 10.8. The van der Waals surface area contributed by atoms with E-state index in [0.29, 0.717) is 17.0 Å². The van der Waals surface area contributed by atoms with Gasteiger partial charge >= 0.3 is 0 Å². The van der Waals surface area contributed by atoms with Crippen LogP contribution < -0.4 is 10.5 Å². The van der Waals surface area contributed by atoms with Crippen LogP contribution in [0.4, 0.5) is 5.69 Å². The van der Waals surface area contributed by atoms with Gasteiger partial charge in [-0.2, -0.15) is 0 Å². The zero-order chi connectivity index (χ0) is 10.1. The van der Waals surface area contributed by atoms with Crippen molar-refractivity contribution in [1.29, 1.82) is 0 Å². The number of nitrogens with two attached hydrogens (primary N) is 1. The summed E-state index contributed by atoms with van der Waals surface area (Å²) in [6, 6.07) is 3.56. The molecule has 1 aromatic heterocycles. The molecule has 3 nitrogen and oxygen atoms in total. The minimum atomic E-state index is 0.626. The first-order chi connectivity index (χ1) is 6.76. The SMILES string of the molecule is COc1cc(C=O)c2scc(N)c2c1. The van der Waals surface area contributed by atoms with Gasteiger partial charge in [0.1, 0.15) is 5.75 Å². The van der Waals surface area contributed by atoms with Crippen molar-refractivity contribution in [3.8, 4) is 5.75 Å². The Morgan fingerprint density at radius 2 is 2.29 bits per heavy atom. The molecule has 1 heterocycles. The number of nitrogen functional groups attached to an aromatic ring is 1. The minimum absolute atomic E-state index is 0.626. The number of rotatable bonds is 2. The van der Waals surface area contributed by atoms with Gasteiger partial charge in [0.15, 0.2) is 6.29 Å². The lowest BCUT2D eigenvalue weighted by molar-refractivity contribution is 0.112. The number of ether oxygens (including phenoxy) is 1. The van der Waals surface area contributed by atoms with E-state index in [4.69, 9.17) is 10.5 Å². The molecule has 0 spiro atoms. The Hall–Kier alpha value is -1.55. The molecule has 0 saturated carbocycles. The average Bonchev–Trinajstić information content (AvgIpc) is 2.59. The Labute approximate surface area is 85.1 Å². The molecule has 2 rings (SSSR count). The molecule has 4 heteroatoms. The molecule has 0 aliphatic carbocycles. The van der Waals surface area contributed by atoms with Gasteiger partial charge in [-0.1, -0.05) is 0 Å². The summed E-state index contributed by atoms with van der Waals surface area (Å²) >= 11 is 1.47. The quantitative estimate of drug-likeness (QED) is 0.769. The fraction of sp³-hybridized carbons (Fsp3) is 0.100. The van der Waals surface area contributed by atoms with E-state index in [2.05, 4.69) is 0 Å². The van der Waals surface area contributed by atoms with Crippen LogP contribution in [0.2, 0.25) is 0 Å². The van der Waals surface area contributed by atoms with Crippen molar-refractivity contribution < 1.29 is 9.53 Å². The first-order valence-corrected chi connectivity index (χ1v) is 4.94. The van der Waals surface area contributed by atoms with E-state index in [0.717, 1.165) is 16.4 Å². The third kappa shape index (κ3) is 1.24. The molecule has 0 radical (unpaired) electrons. The van der Waals surface area contributed by atoms with E-state index in [1.54, 1.807) is 13.2 Å². The lowest BCUT2D eigenvalue weighted by atomic mass is 10.1. The molecule has 72 valence electrons. The Morgan fingerprint density at radius 1 is 1.50 bits per heavy atom. The second kappa shape index (κ2) is 3.31. The molecule has 14 heavy (non-hydrogen) atoms. The maximum absolute atomic E-state index is 10.8. The number of thiophene rings is 1. The summed E-state index contributed by atoms with van der Waals surface area (Å²) in [7, 11) is 1.57. The number of carbonyl (C=O) groups excluding carboxylic acids is 1. The molecule has 0 aliphatic heterocycles. The predicted molar refractivity (Wildman–Crippen MR) is 58.2 cm³/mol. The largest absolute Gasteiger partial charge is 0.497 e. The smallest absolute Gasteiger partial charge is 0.151 e. The van der Waals surface area contributed by atoms with Gasteiger partial charge in [-0.3, -0.25) is 4.79 Å². The van der Waals surface area contributed by atoms with Crippen LogP contribution >= 0.6 is 11.3 Å². The van der Waals surface area contributed by atoms with E-state index < -0.39 is 0 Å². The number of fused-ring (bicyclic) bond motifs is 1. The molecule has 2 aromatic rings. The highest BCUT2D eigenvalue weighted by atomic mass is 32.1. The molecule has 0 fully saturated rings. The van der Waals surface area contributed by atoms with Crippen LogP contribution in [0.15, 0.2) is 17.5 Å². The standard InChI is InChI=1S/C10H9NO2S/c1-13-7-2-6(4-12)10-8(3-7)9(11)5-14-10/h2-5H,11H2,1H3. The first-order valence-electron chi connectivity index (χ1n) is 4.06. The van der Waals surface area contributed by atoms with E-state index >= 15 is 0 Å². The summed E-state index contributed by atoms with van der Waals surface area (Å²) < 4.78 is 5.99. The summed E-state index contributed by atoms with van der Waals surface area (Å²) in [5.41, 5.74) is 7.08. The Kier molecular flexibility index (Phi) is 2.13. The van der Waals surface area contributed by atoms with Crippen molar-refractivity contribution in [2.24, 2.45) is 0 Å². The monoisotopic (exact) mass is 207 g/mol. The molecule has 2 N–H and O–H groups in total. The summed E-state index contributed by atoms with van der Waals surface area (Å²) in [6.07, 6.45) is 0.820. The fourth-order valence-corrected chi connectivity index (χ4v) is 2.28. The van der Waals surface area contributed by atoms with E-state index in [1.165, 1.54) is 11.3 Å². The minimum Gasteiger partial charge on any atom is -0.497 e. The van der Waals surface area contributed by atoms with Crippen LogP contribution in [0.3, 0.4) is 0 Å². The molecule has 0 amide bonds. The third-order valence-corrected chi connectivity index (χ3v) is 3.13. The topological polar surface area (TPSA) is 52.3 Å². The van der Waals surface area contributed by atoms with Crippen molar-refractivity contribution >= 4 is 33.4 Å². The number of carbonyl (C=O) groups is 1. The van der Waals surface area contributed by atoms with Crippen molar-refractivity contribution in [2.45, 2.75) is 0 Å². The predicted octanol–water partition coefficient (Wildman–Crippen LogP) is 2.30. The van der Waals surface area contributed by atoms with Crippen LogP contribution in [-0.2, 0) is 0 Å². The summed E-state index contributed by atoms with van der Waals surface area (Å²) in [5, 5.41) is 2.72. The molecule has 0 aliphatic rings. The summed E-state index contributed by atoms with van der Waals surface area (Å²) in [6.45, 7) is 0. The number of methoxy groups -OCH3 is 1. The van der Waals surface area contributed by atoms with Crippen LogP contribution in [0, 0.1) is 0 Å². The Bertz CT molecular complexity index is 490. The molecular formula is C10H9NO2S. The highest BCUT2D eigenvalue weighted by molar-refractivity contribution is 7.18. The van der Waals surface area contributed by atoms with Crippen LogP contribution in [0.25, 0.3) is 10.1 Å². The van der Waals surface area contributed by atoms with E-state index in [9.17, 15) is 4.79 Å². The zero-order valence-corrected chi connectivity index (χ0v) is 8.43. The van der Waals surface area contributed by atoms with Gasteiger partial charge in [-0.05, 0) is 12.1 Å². The van der Waals surface area contributed by atoms with Gasteiger partial charge < -0.3 is 10.5 Å². The molecule has 0 atom stereocenters. The second-order valence-electron chi connectivity index (χ2n) is 2.90. The lowest BCUT2D eigenvalue weighted by Gasteiger charge is -2.02. The van der Waals surface area contributed by atoms with E-state index in [-0.39, 0.29) is 0 Å². The number of anilines is 1. The van der Waals surface area contributed by atoms with Crippen molar-refractivity contribution in [3.05, 3.63) is 23.1 Å². The molecule has 0 saturated heterocycles. The van der Waals surface area contributed by atoms with Gasteiger partial charge in [0.05, 0.1) is 12.8 Å². The molecular weight excluding hydrogens is 198 g/mol. The van der Waals surface area contributed by atoms with Crippen LogP contribution in [0.5, 0.6) is 5.75 Å². The van der Waals surface area contributed by atoms with Gasteiger partial charge in [-0.15, -0.1) is 11.3 Å². The van der Waals surface area contributed by atoms with Crippen LogP contribution in [-0.4, -0.2) is 13.4 Å². The highest BCUT2D eigenvalue weighted by Crippen LogP contribution is 2.33. The Morgan fingerprint density at radius 3 is 2.93 bits per heavy atom. The van der Waals surface area contributed by atoms with E-state index in [1.807, 2.05) is 11.4 Å². The van der Waals surface area contributed by atoms with Crippen LogP contribution in [0.1, 0.15) is 10.4 Å². The second-order valence-corrected chi connectivity index (χ2v) is 3.78. The number of aldehydes is 1. The molecule has 0 unspecified atom stereocenters. The zero-order valence-electron chi connectivity index (χ0n) is 7.61. The molecule has 0 bridgehead atoms. The molecule has 1 aromatic carbocycles. The van der Waals surface area contributed by atoms with Gasteiger partial charge in [0.2, 0.25) is 0 Å². The van der Waals surface area contributed by atoms with Gasteiger partial charge in [0, 0.05) is 21.0 Å². The van der Waals surface area contributed by atoms with Gasteiger partial charge in [0.25, 0.3) is 0 Å². The van der Waals surface area contributed by atoms with Crippen molar-refractivity contribution in [2.75, 3.05) is 12.8 Å². The lowest BCUT2D eigenvalue weighted by Crippen LogP contribution is -1.88. The van der Waals surface area contributed by atoms with Gasteiger partial charge in [-0.25, -0.2) is 0 Å². The normalized spacial score (nSPS) is 10.4. The van der Waals surface area contributed by atoms with Crippen molar-refractivity contribution in [1.82, 2.24) is 0 Å². The Balaban J connectivity index is 2.82.